The molecule has 304 valence electrons. The summed E-state index contributed by atoms with van der Waals surface area (Å²) in [6, 6.07) is 72.8. The molecule has 0 aromatic heterocycles. The van der Waals surface area contributed by atoms with Crippen LogP contribution in [0.25, 0.3) is 44.2 Å². The maximum absolute atomic E-state index is 2.58. The van der Waals surface area contributed by atoms with Crippen LogP contribution in [0.1, 0.15) is 74.9 Å². The molecule has 0 spiro atoms. The van der Waals surface area contributed by atoms with Gasteiger partial charge in [0.2, 0.25) is 0 Å². The molecule has 2 heteroatoms. The van der Waals surface area contributed by atoms with E-state index in [1.165, 1.54) is 94.6 Å². The van der Waals surface area contributed by atoms with Crippen LogP contribution in [0.4, 0.5) is 34.1 Å². The first-order valence-electron chi connectivity index (χ1n) is 22.4. The fourth-order valence-electron chi connectivity index (χ4n) is 11.5. The largest absolute Gasteiger partial charge is 0.310 e. The minimum atomic E-state index is -0.295. The first-order chi connectivity index (χ1) is 30.5. The quantitative estimate of drug-likeness (QED) is 0.171. The number of fused-ring (bicyclic) bond motifs is 9. The van der Waals surface area contributed by atoms with E-state index in [2.05, 4.69) is 245 Å². The summed E-state index contributed by atoms with van der Waals surface area (Å²) < 4.78 is 0. The van der Waals surface area contributed by atoms with Gasteiger partial charge in [0, 0.05) is 44.3 Å². The topological polar surface area (TPSA) is 6.48 Å². The molecule has 0 bridgehead atoms. The molecular weight excluding hydrogens is 761 g/mol. The standard InChI is InChI=1S/C61H50N2/c1-59(2)50-24-14-12-22-46(50)48-33-29-40(36-53(48)59)45-32-28-39-18-10-11-21-44(39)58(45)63-56-27-17-16-26-52(56)61(5,6)55-38-43(31-35-57(55)63)62(41-19-8-7-9-20-41)42-30-34-49-47-23-13-15-25-51(47)60(3,4)54(49)37-42/h7-38H,1-6H3. The highest BCUT2D eigenvalue weighted by molar-refractivity contribution is 6.08. The Morgan fingerprint density at radius 1 is 0.333 bits per heavy atom. The van der Waals surface area contributed by atoms with Gasteiger partial charge in [0.1, 0.15) is 0 Å². The van der Waals surface area contributed by atoms with Crippen molar-refractivity contribution in [3.05, 3.63) is 228 Å². The monoisotopic (exact) mass is 810 g/mol. The van der Waals surface area contributed by atoms with E-state index in [1.54, 1.807) is 0 Å². The van der Waals surface area contributed by atoms with E-state index >= 15 is 0 Å². The van der Waals surface area contributed by atoms with Gasteiger partial charge in [-0.25, -0.2) is 0 Å². The predicted molar refractivity (Wildman–Crippen MR) is 266 cm³/mol. The fraction of sp³-hybridized carbons (Fsp3) is 0.148. The smallest absolute Gasteiger partial charge is 0.0618 e. The zero-order valence-electron chi connectivity index (χ0n) is 36.9. The number of para-hydroxylation sites is 2. The lowest BCUT2D eigenvalue weighted by molar-refractivity contribution is 0.632. The van der Waals surface area contributed by atoms with Crippen molar-refractivity contribution in [2.45, 2.75) is 57.8 Å². The van der Waals surface area contributed by atoms with Crippen molar-refractivity contribution in [2.24, 2.45) is 0 Å². The number of rotatable bonds is 5. The van der Waals surface area contributed by atoms with E-state index < -0.39 is 0 Å². The first kappa shape index (κ1) is 37.6. The normalized spacial score (nSPS) is 15.5. The maximum atomic E-state index is 2.58. The molecule has 1 heterocycles. The number of nitrogens with zero attached hydrogens (tertiary/aromatic N) is 2. The summed E-state index contributed by atoms with van der Waals surface area (Å²) in [5.74, 6) is 0. The zero-order chi connectivity index (χ0) is 42.8. The molecule has 2 nitrogen and oxygen atoms in total. The van der Waals surface area contributed by atoms with Gasteiger partial charge >= 0.3 is 0 Å². The van der Waals surface area contributed by atoms with Gasteiger partial charge in [0.25, 0.3) is 0 Å². The first-order valence-corrected chi connectivity index (χ1v) is 22.4. The van der Waals surface area contributed by atoms with Crippen molar-refractivity contribution >= 4 is 44.9 Å². The molecule has 2 aliphatic carbocycles. The number of hydrogen-bond donors (Lipinski definition) is 0. The van der Waals surface area contributed by atoms with Crippen LogP contribution < -0.4 is 9.80 Å². The number of hydrogen-bond acceptors (Lipinski definition) is 2. The van der Waals surface area contributed by atoms with Crippen LogP contribution in [0.2, 0.25) is 0 Å². The molecule has 63 heavy (non-hydrogen) atoms. The molecule has 3 aliphatic rings. The molecule has 0 radical (unpaired) electrons. The van der Waals surface area contributed by atoms with Crippen LogP contribution in [0.3, 0.4) is 0 Å². The van der Waals surface area contributed by atoms with E-state index in [9.17, 15) is 0 Å². The highest BCUT2D eigenvalue weighted by Gasteiger charge is 2.40. The lowest BCUT2D eigenvalue weighted by Gasteiger charge is -2.43. The Morgan fingerprint density at radius 2 is 0.825 bits per heavy atom. The Kier molecular flexibility index (Phi) is 8.01. The van der Waals surface area contributed by atoms with Crippen molar-refractivity contribution in [2.75, 3.05) is 9.80 Å². The van der Waals surface area contributed by atoms with E-state index in [1.807, 2.05) is 0 Å². The third-order valence-corrected chi connectivity index (χ3v) is 14.8. The average molecular weight is 811 g/mol. The Labute approximate surface area is 371 Å². The van der Waals surface area contributed by atoms with E-state index in [0.717, 1.165) is 17.1 Å². The van der Waals surface area contributed by atoms with Crippen LogP contribution in [0.15, 0.2) is 194 Å². The Balaban J connectivity index is 1.07. The minimum absolute atomic E-state index is 0.104. The van der Waals surface area contributed by atoms with E-state index in [0.29, 0.717) is 0 Å². The Hall–Kier alpha value is -7.16. The zero-order valence-corrected chi connectivity index (χ0v) is 36.9. The van der Waals surface area contributed by atoms with E-state index in [4.69, 9.17) is 0 Å². The predicted octanol–water partition coefficient (Wildman–Crippen LogP) is 16.7. The lowest BCUT2D eigenvalue weighted by Crippen LogP contribution is -2.31. The van der Waals surface area contributed by atoms with Gasteiger partial charge in [-0.05, 0) is 121 Å². The summed E-state index contributed by atoms with van der Waals surface area (Å²) in [5, 5.41) is 2.46. The molecule has 0 N–H and O–H groups in total. The highest BCUT2D eigenvalue weighted by atomic mass is 15.2. The van der Waals surface area contributed by atoms with Crippen molar-refractivity contribution in [3.63, 3.8) is 0 Å². The molecule has 9 aromatic rings. The van der Waals surface area contributed by atoms with Gasteiger partial charge in [-0.3, -0.25) is 0 Å². The highest BCUT2D eigenvalue weighted by Crippen LogP contribution is 2.58. The van der Waals surface area contributed by atoms with Crippen LogP contribution in [-0.2, 0) is 16.2 Å². The molecule has 0 atom stereocenters. The molecule has 9 aromatic carbocycles. The van der Waals surface area contributed by atoms with Crippen molar-refractivity contribution in [3.8, 4) is 33.4 Å². The van der Waals surface area contributed by atoms with Gasteiger partial charge in [0.05, 0.1) is 17.1 Å². The molecule has 0 unspecified atom stereocenters. The average Bonchev–Trinajstić information content (AvgIpc) is 3.68. The van der Waals surface area contributed by atoms with Gasteiger partial charge in [-0.1, -0.05) is 181 Å². The van der Waals surface area contributed by atoms with Crippen molar-refractivity contribution < 1.29 is 0 Å². The molecule has 1 aliphatic heterocycles. The van der Waals surface area contributed by atoms with Crippen molar-refractivity contribution in [1.29, 1.82) is 0 Å². The Bertz CT molecular complexity index is 3330. The van der Waals surface area contributed by atoms with Gasteiger partial charge < -0.3 is 9.80 Å². The van der Waals surface area contributed by atoms with Crippen LogP contribution in [-0.4, -0.2) is 0 Å². The summed E-state index contributed by atoms with van der Waals surface area (Å²) in [6.45, 7) is 14.3. The summed E-state index contributed by atoms with van der Waals surface area (Å²) in [6.07, 6.45) is 0. The van der Waals surface area contributed by atoms with Gasteiger partial charge in [0.15, 0.2) is 0 Å². The third-order valence-electron chi connectivity index (χ3n) is 14.8. The van der Waals surface area contributed by atoms with E-state index in [-0.39, 0.29) is 16.2 Å². The Morgan fingerprint density at radius 3 is 1.54 bits per heavy atom. The molecular formula is C61H50N2. The third kappa shape index (κ3) is 5.37. The van der Waals surface area contributed by atoms with Gasteiger partial charge in [-0.15, -0.1) is 0 Å². The SMILES string of the molecule is CC1(C)c2ccccc2-c2ccc(-c3ccc4ccccc4c3N3c4ccccc4C(C)(C)c4cc(N(c5ccccc5)c5ccc6c(c5)C(C)(C)c5ccccc5-6)ccc43)cc21. The second kappa shape index (κ2) is 13.4. The van der Waals surface area contributed by atoms with Gasteiger partial charge in [-0.2, -0.15) is 0 Å². The maximum Gasteiger partial charge on any atom is 0.0618 e. The molecule has 0 saturated heterocycles. The number of anilines is 6. The summed E-state index contributed by atoms with van der Waals surface area (Å²) in [5.41, 5.74) is 22.5. The number of benzene rings is 9. The summed E-state index contributed by atoms with van der Waals surface area (Å²) >= 11 is 0. The van der Waals surface area contributed by atoms with Crippen LogP contribution in [0, 0.1) is 0 Å². The molecule has 0 fully saturated rings. The molecule has 12 rings (SSSR count). The van der Waals surface area contributed by atoms with Crippen LogP contribution in [0.5, 0.6) is 0 Å². The van der Waals surface area contributed by atoms with Crippen LogP contribution >= 0.6 is 0 Å². The lowest BCUT2D eigenvalue weighted by atomic mass is 9.73. The summed E-state index contributed by atoms with van der Waals surface area (Å²) in [7, 11) is 0. The second-order valence-corrected chi connectivity index (χ2v) is 19.4. The molecule has 0 saturated carbocycles. The summed E-state index contributed by atoms with van der Waals surface area (Å²) in [4.78, 5) is 5.03. The second-order valence-electron chi connectivity index (χ2n) is 19.4. The molecule has 0 amide bonds. The fourth-order valence-corrected chi connectivity index (χ4v) is 11.5. The van der Waals surface area contributed by atoms with Crippen molar-refractivity contribution in [1.82, 2.24) is 0 Å². The minimum Gasteiger partial charge on any atom is -0.310 e.